The summed E-state index contributed by atoms with van der Waals surface area (Å²) in [5.41, 5.74) is -0.0687. The molecule has 0 unspecified atom stereocenters. The summed E-state index contributed by atoms with van der Waals surface area (Å²) in [6.07, 6.45) is 5.48. The Balaban J connectivity index is 2.45. The summed E-state index contributed by atoms with van der Waals surface area (Å²) in [6.45, 7) is 8.11. The quantitative estimate of drug-likeness (QED) is 0.590. The molecule has 2 rings (SSSR count). The maximum absolute atomic E-state index is 12.4. The summed E-state index contributed by atoms with van der Waals surface area (Å²) >= 11 is 0. The average Bonchev–Trinajstić information content (AvgIpc) is 2.80. The summed E-state index contributed by atoms with van der Waals surface area (Å²) in [4.78, 5) is 24.6. The van der Waals surface area contributed by atoms with E-state index in [1.807, 2.05) is 26.0 Å². The fourth-order valence-corrected chi connectivity index (χ4v) is 3.04. The molecule has 0 bridgehead atoms. The van der Waals surface area contributed by atoms with Gasteiger partial charge in [-0.3, -0.25) is 4.79 Å². The molecule has 2 N–H and O–H groups in total. The molecule has 0 spiro atoms. The molecule has 144 valence electrons. The number of allylic oxidation sites excluding steroid dienone is 4. The normalized spacial score (nSPS) is 36.0. The fraction of sp³-hybridized carbons (Fsp3) is 0.600. The highest BCUT2D eigenvalue weighted by Crippen LogP contribution is 2.37. The van der Waals surface area contributed by atoms with Crippen LogP contribution >= 0.6 is 0 Å². The first-order chi connectivity index (χ1) is 12.0. The summed E-state index contributed by atoms with van der Waals surface area (Å²) in [5, 5.41) is 19.9. The molecule has 6 nitrogen and oxygen atoms in total. The predicted molar refractivity (Wildman–Crippen MR) is 95.8 cm³/mol. The Hall–Kier alpha value is -1.92. The molecule has 2 aliphatic rings. The van der Waals surface area contributed by atoms with Crippen molar-refractivity contribution in [3.8, 4) is 0 Å². The van der Waals surface area contributed by atoms with Crippen LogP contribution in [0, 0.1) is 11.8 Å². The van der Waals surface area contributed by atoms with Crippen LogP contribution in [0.3, 0.4) is 0 Å². The second kappa shape index (κ2) is 7.76. The monoisotopic (exact) mass is 364 g/mol. The molecule has 0 aromatic rings. The number of fused-ring (bicyclic) bond motifs is 1. The Morgan fingerprint density at radius 3 is 2.69 bits per heavy atom. The summed E-state index contributed by atoms with van der Waals surface area (Å²) in [6, 6.07) is 0. The number of carbonyl (C=O) groups excluding carboxylic acids is 2. The summed E-state index contributed by atoms with van der Waals surface area (Å²) in [5.74, 6) is -2.03. The Morgan fingerprint density at radius 2 is 2.08 bits per heavy atom. The van der Waals surface area contributed by atoms with E-state index < -0.39 is 35.6 Å². The number of hydrogen-bond acceptors (Lipinski definition) is 6. The number of carbonyl (C=O) groups is 2. The zero-order chi connectivity index (χ0) is 19.6. The minimum atomic E-state index is -2.05. The van der Waals surface area contributed by atoms with Gasteiger partial charge in [0.15, 0.2) is 5.60 Å². The van der Waals surface area contributed by atoms with Crippen LogP contribution in [0.15, 0.2) is 35.1 Å². The van der Waals surface area contributed by atoms with Gasteiger partial charge in [-0.25, -0.2) is 4.79 Å². The van der Waals surface area contributed by atoms with Gasteiger partial charge in [-0.2, -0.15) is 0 Å². The summed E-state index contributed by atoms with van der Waals surface area (Å²) < 4.78 is 11.0. The largest absolute Gasteiger partial charge is 0.457 e. The van der Waals surface area contributed by atoms with E-state index in [9.17, 15) is 19.8 Å². The van der Waals surface area contributed by atoms with Crippen molar-refractivity contribution in [2.24, 2.45) is 11.8 Å². The minimum absolute atomic E-state index is 0.263. The first-order valence-corrected chi connectivity index (χ1v) is 8.93. The van der Waals surface area contributed by atoms with Crippen molar-refractivity contribution in [2.75, 3.05) is 0 Å². The van der Waals surface area contributed by atoms with E-state index in [0.717, 1.165) is 24.0 Å². The highest BCUT2D eigenvalue weighted by atomic mass is 16.6. The van der Waals surface area contributed by atoms with Crippen LogP contribution in [0.1, 0.15) is 47.5 Å². The first kappa shape index (κ1) is 20.4. The van der Waals surface area contributed by atoms with Gasteiger partial charge in [-0.1, -0.05) is 24.1 Å². The number of hydrogen-bond donors (Lipinski definition) is 2. The zero-order valence-corrected chi connectivity index (χ0v) is 16.0. The fourth-order valence-electron chi connectivity index (χ4n) is 3.04. The Morgan fingerprint density at radius 1 is 1.42 bits per heavy atom. The average molecular weight is 364 g/mol. The molecular weight excluding hydrogens is 336 g/mol. The van der Waals surface area contributed by atoms with Gasteiger partial charge in [0.1, 0.15) is 11.9 Å². The van der Waals surface area contributed by atoms with Gasteiger partial charge in [-0.15, -0.1) is 0 Å². The number of esters is 2. The molecule has 0 saturated carbocycles. The molecule has 1 saturated heterocycles. The highest BCUT2D eigenvalue weighted by molar-refractivity contribution is 5.81. The van der Waals surface area contributed by atoms with Crippen molar-refractivity contribution in [1.82, 2.24) is 0 Å². The van der Waals surface area contributed by atoms with Crippen LogP contribution in [-0.2, 0) is 19.1 Å². The van der Waals surface area contributed by atoms with Gasteiger partial charge >= 0.3 is 11.9 Å². The van der Waals surface area contributed by atoms with Crippen LogP contribution in [-0.4, -0.2) is 40.0 Å². The van der Waals surface area contributed by atoms with E-state index in [4.69, 9.17) is 9.47 Å². The molecule has 0 aromatic heterocycles. The number of rotatable bonds is 3. The molecule has 1 fully saturated rings. The van der Waals surface area contributed by atoms with Gasteiger partial charge in [-0.05, 0) is 52.7 Å². The van der Waals surface area contributed by atoms with Gasteiger partial charge in [0.2, 0.25) is 0 Å². The number of aliphatic hydroxyl groups is 2. The maximum Gasteiger partial charge on any atom is 0.345 e. The second-order valence-corrected chi connectivity index (χ2v) is 7.48. The zero-order valence-electron chi connectivity index (χ0n) is 16.0. The van der Waals surface area contributed by atoms with Gasteiger partial charge in [0.05, 0.1) is 17.9 Å². The van der Waals surface area contributed by atoms with E-state index in [1.165, 1.54) is 13.8 Å². The molecule has 1 heterocycles. The van der Waals surface area contributed by atoms with Crippen molar-refractivity contribution in [1.29, 1.82) is 0 Å². The smallest absolute Gasteiger partial charge is 0.345 e. The third kappa shape index (κ3) is 4.24. The molecule has 0 amide bonds. The molecule has 1 aliphatic carbocycles. The SMILES string of the molecule is CC1=C\CC/C(C)=C/[C@@H]2OC(=O)[C@@H](C)[C@@H]2/C(OC(=O)[C@@](C)(O)[C@H](C)O)=C\1. The van der Waals surface area contributed by atoms with Crippen LogP contribution in [0.25, 0.3) is 0 Å². The molecule has 0 aromatic carbocycles. The van der Waals surface area contributed by atoms with Gasteiger partial charge in [0.25, 0.3) is 0 Å². The van der Waals surface area contributed by atoms with E-state index in [0.29, 0.717) is 0 Å². The molecule has 0 radical (unpaired) electrons. The highest BCUT2D eigenvalue weighted by Gasteiger charge is 2.46. The van der Waals surface area contributed by atoms with Crippen LogP contribution in [0.5, 0.6) is 0 Å². The van der Waals surface area contributed by atoms with Crippen molar-refractivity contribution in [3.63, 3.8) is 0 Å². The first-order valence-electron chi connectivity index (χ1n) is 8.93. The lowest BCUT2D eigenvalue weighted by Gasteiger charge is -2.27. The molecule has 1 aliphatic heterocycles. The standard InChI is InChI=1S/C20H28O6/c1-11-7-6-8-12(2)10-16(26-19(23)20(5,24)14(4)21)17-13(3)18(22)25-15(17)9-11/h8-10,13-15,17,21,24H,6-7H2,1-5H3/b11-9+,12-8+,16-10+/t13-,14-,15-,17-,20-/m0/s1. The topological polar surface area (TPSA) is 93.1 Å². The molecule has 26 heavy (non-hydrogen) atoms. The predicted octanol–water partition coefficient (Wildman–Crippen LogP) is 2.41. The lowest BCUT2D eigenvalue weighted by molar-refractivity contribution is -0.170. The Labute approximate surface area is 154 Å². The Kier molecular flexibility index (Phi) is 6.09. The molecule has 5 atom stereocenters. The van der Waals surface area contributed by atoms with Crippen molar-refractivity contribution >= 4 is 11.9 Å². The lowest BCUT2D eigenvalue weighted by Crippen LogP contribution is -2.46. The molecule has 6 heteroatoms. The molecular formula is C20H28O6. The van der Waals surface area contributed by atoms with Crippen LogP contribution in [0.2, 0.25) is 0 Å². The lowest BCUT2D eigenvalue weighted by atomic mass is 9.87. The van der Waals surface area contributed by atoms with Crippen molar-refractivity contribution < 1.29 is 29.3 Å². The van der Waals surface area contributed by atoms with E-state index in [1.54, 1.807) is 13.0 Å². The van der Waals surface area contributed by atoms with Crippen molar-refractivity contribution in [2.45, 2.75) is 65.3 Å². The van der Waals surface area contributed by atoms with Crippen LogP contribution < -0.4 is 0 Å². The van der Waals surface area contributed by atoms with E-state index >= 15 is 0 Å². The van der Waals surface area contributed by atoms with Gasteiger partial charge in [0, 0.05) is 0 Å². The minimum Gasteiger partial charge on any atom is -0.457 e. The van der Waals surface area contributed by atoms with Crippen molar-refractivity contribution in [3.05, 3.63) is 35.1 Å². The van der Waals surface area contributed by atoms with Gasteiger partial charge < -0.3 is 19.7 Å². The van der Waals surface area contributed by atoms with E-state index in [-0.39, 0.29) is 11.7 Å². The third-order valence-corrected chi connectivity index (χ3v) is 5.11. The third-order valence-electron chi connectivity index (χ3n) is 5.11. The van der Waals surface area contributed by atoms with Crippen LogP contribution in [0.4, 0.5) is 0 Å². The number of aliphatic hydroxyl groups excluding tert-OH is 1. The van der Waals surface area contributed by atoms with E-state index in [2.05, 4.69) is 0 Å². The second-order valence-electron chi connectivity index (χ2n) is 7.48. The Bertz CT molecular complexity index is 668. The summed E-state index contributed by atoms with van der Waals surface area (Å²) in [7, 11) is 0. The number of ether oxygens (including phenoxy) is 2. The maximum atomic E-state index is 12.4.